The number of thiophene rings is 1. The highest BCUT2D eigenvalue weighted by atomic mass is 32.2. The summed E-state index contributed by atoms with van der Waals surface area (Å²) in [6.07, 6.45) is 1.57. The number of aryl methyl sites for hydroxylation is 1. The number of nitrogens with zero attached hydrogens (tertiary/aromatic N) is 2. The number of rotatable bonds is 8. The number of aromatic nitrogens is 2. The molecule has 0 aromatic carbocycles. The van der Waals surface area contributed by atoms with Gasteiger partial charge in [-0.1, -0.05) is 18.7 Å². The molecule has 2 aromatic rings. The summed E-state index contributed by atoms with van der Waals surface area (Å²) in [7, 11) is 1.63. The second-order valence-electron chi connectivity index (χ2n) is 5.15. The van der Waals surface area contributed by atoms with E-state index in [1.807, 2.05) is 13.0 Å². The van der Waals surface area contributed by atoms with Crippen LogP contribution in [-0.4, -0.2) is 34.4 Å². The molecule has 1 atom stereocenters. The summed E-state index contributed by atoms with van der Waals surface area (Å²) < 4.78 is 6.68. The molecule has 1 amide bonds. The number of methoxy groups -OCH3 is 1. The lowest BCUT2D eigenvalue weighted by Gasteiger charge is -2.13. The number of ether oxygens (including phenoxy) is 1. The van der Waals surface area contributed by atoms with Crippen LogP contribution in [0.4, 0.5) is 0 Å². The molecule has 0 unspecified atom stereocenters. The summed E-state index contributed by atoms with van der Waals surface area (Å²) >= 11 is 2.74. The molecule has 0 radical (unpaired) electrons. The first kappa shape index (κ1) is 18.0. The molecule has 2 N–H and O–H groups in total. The summed E-state index contributed by atoms with van der Waals surface area (Å²) in [6.45, 7) is 4.83. The molecule has 2 aromatic heterocycles. The minimum absolute atomic E-state index is 0.0683. The van der Waals surface area contributed by atoms with Gasteiger partial charge in [0.05, 0.1) is 10.6 Å². The van der Waals surface area contributed by atoms with Crippen molar-refractivity contribution in [2.24, 2.45) is 5.73 Å². The first-order valence-corrected chi connectivity index (χ1v) is 9.15. The number of amides is 1. The number of nitrogens with two attached hydrogens (primary N) is 1. The van der Waals surface area contributed by atoms with Gasteiger partial charge in [-0.2, -0.15) is 0 Å². The fraction of sp³-hybridized carbons (Fsp3) is 0.533. The number of primary amides is 1. The molecule has 0 saturated carbocycles. The van der Waals surface area contributed by atoms with Crippen molar-refractivity contribution >= 4 is 39.2 Å². The minimum atomic E-state index is -0.446. The molecule has 126 valence electrons. The van der Waals surface area contributed by atoms with Gasteiger partial charge >= 0.3 is 0 Å². The SMILES string of the molecule is CCc1cc2c(=O)n(CCCOC)c(S[C@@H](C)C(N)=O)nc2s1. The van der Waals surface area contributed by atoms with Gasteiger partial charge in [-0.15, -0.1) is 11.3 Å². The normalized spacial score (nSPS) is 12.7. The van der Waals surface area contributed by atoms with Crippen LogP contribution in [-0.2, 0) is 22.5 Å². The van der Waals surface area contributed by atoms with Crippen molar-refractivity contribution in [2.45, 2.75) is 43.6 Å². The highest BCUT2D eigenvalue weighted by Crippen LogP contribution is 2.27. The van der Waals surface area contributed by atoms with Crippen molar-refractivity contribution in [1.82, 2.24) is 9.55 Å². The Hall–Kier alpha value is -1.38. The second kappa shape index (κ2) is 7.94. The van der Waals surface area contributed by atoms with Gasteiger partial charge in [0.1, 0.15) is 4.83 Å². The maximum Gasteiger partial charge on any atom is 0.262 e. The minimum Gasteiger partial charge on any atom is -0.385 e. The fourth-order valence-corrected chi connectivity index (χ4v) is 3.99. The molecule has 0 aliphatic heterocycles. The van der Waals surface area contributed by atoms with E-state index in [0.29, 0.717) is 34.9 Å². The lowest BCUT2D eigenvalue weighted by molar-refractivity contribution is -0.117. The van der Waals surface area contributed by atoms with E-state index in [-0.39, 0.29) is 5.56 Å². The molecule has 6 nitrogen and oxygen atoms in total. The molecule has 0 bridgehead atoms. The molecule has 0 fully saturated rings. The van der Waals surface area contributed by atoms with E-state index >= 15 is 0 Å². The second-order valence-corrected chi connectivity index (χ2v) is 7.57. The number of carbonyl (C=O) groups excluding carboxylic acids is 1. The summed E-state index contributed by atoms with van der Waals surface area (Å²) in [6, 6.07) is 1.91. The van der Waals surface area contributed by atoms with Crippen LogP contribution in [0, 0.1) is 0 Å². The third kappa shape index (κ3) is 4.13. The molecule has 0 saturated heterocycles. The predicted octanol–water partition coefficient (Wildman–Crippen LogP) is 2.02. The van der Waals surface area contributed by atoms with E-state index in [4.69, 9.17) is 10.5 Å². The smallest absolute Gasteiger partial charge is 0.262 e. The van der Waals surface area contributed by atoms with Crippen LogP contribution in [0.15, 0.2) is 16.0 Å². The average molecular weight is 355 g/mol. The van der Waals surface area contributed by atoms with Crippen molar-refractivity contribution in [1.29, 1.82) is 0 Å². The third-order valence-corrected chi connectivity index (χ3v) is 5.71. The van der Waals surface area contributed by atoms with Crippen LogP contribution in [0.1, 0.15) is 25.1 Å². The fourth-order valence-electron chi connectivity index (χ4n) is 2.09. The Kier molecular flexibility index (Phi) is 6.20. The van der Waals surface area contributed by atoms with Gasteiger partial charge in [-0.25, -0.2) is 4.98 Å². The molecule has 2 heterocycles. The average Bonchev–Trinajstić information content (AvgIpc) is 2.93. The van der Waals surface area contributed by atoms with E-state index in [0.717, 1.165) is 11.3 Å². The van der Waals surface area contributed by atoms with Gasteiger partial charge in [0.15, 0.2) is 5.16 Å². The molecule has 8 heteroatoms. The number of fused-ring (bicyclic) bond motifs is 1. The van der Waals surface area contributed by atoms with Gasteiger partial charge < -0.3 is 10.5 Å². The zero-order valence-electron chi connectivity index (χ0n) is 13.5. The first-order chi connectivity index (χ1) is 11.0. The number of hydrogen-bond acceptors (Lipinski definition) is 6. The Labute approximate surface area is 143 Å². The topological polar surface area (TPSA) is 87.2 Å². The van der Waals surface area contributed by atoms with Crippen LogP contribution in [0.3, 0.4) is 0 Å². The van der Waals surface area contributed by atoms with Crippen molar-refractivity contribution in [3.8, 4) is 0 Å². The van der Waals surface area contributed by atoms with Gasteiger partial charge in [-0.3, -0.25) is 14.2 Å². The van der Waals surface area contributed by atoms with Gasteiger partial charge in [0.25, 0.3) is 5.56 Å². The molecule has 0 spiro atoms. The third-order valence-electron chi connectivity index (χ3n) is 3.43. The summed E-state index contributed by atoms with van der Waals surface area (Å²) in [5.74, 6) is -0.423. The predicted molar refractivity (Wildman–Crippen MR) is 94.3 cm³/mol. The standard InChI is InChI=1S/C15H21N3O3S2/c1-4-10-8-11-13(23-10)17-15(22-9(2)12(16)19)18(14(11)20)6-5-7-21-3/h8-9H,4-7H2,1-3H3,(H2,16,19)/t9-/m0/s1. The van der Waals surface area contributed by atoms with Gasteiger partial charge in [0, 0.05) is 25.1 Å². The number of thioether (sulfide) groups is 1. The van der Waals surface area contributed by atoms with E-state index in [2.05, 4.69) is 4.98 Å². The summed E-state index contributed by atoms with van der Waals surface area (Å²) in [4.78, 5) is 30.6. The van der Waals surface area contributed by atoms with E-state index < -0.39 is 11.2 Å². The van der Waals surface area contributed by atoms with Crippen LogP contribution in [0.5, 0.6) is 0 Å². The molecule has 0 aliphatic rings. The highest BCUT2D eigenvalue weighted by molar-refractivity contribution is 8.00. The molecule has 0 aliphatic carbocycles. The van der Waals surface area contributed by atoms with Gasteiger partial charge in [0.2, 0.25) is 5.91 Å². The quantitative estimate of drug-likeness (QED) is 0.445. The monoisotopic (exact) mass is 355 g/mol. The van der Waals surface area contributed by atoms with Crippen LogP contribution >= 0.6 is 23.1 Å². The summed E-state index contributed by atoms with van der Waals surface area (Å²) in [5, 5.41) is 0.730. The Morgan fingerprint density at radius 2 is 2.30 bits per heavy atom. The number of hydrogen-bond donors (Lipinski definition) is 1. The van der Waals surface area contributed by atoms with Crippen LogP contribution < -0.4 is 11.3 Å². The van der Waals surface area contributed by atoms with E-state index in [9.17, 15) is 9.59 Å². The zero-order valence-corrected chi connectivity index (χ0v) is 15.1. The Balaban J connectivity index is 2.49. The van der Waals surface area contributed by atoms with Crippen molar-refractivity contribution in [2.75, 3.05) is 13.7 Å². The Bertz CT molecular complexity index is 754. The van der Waals surface area contributed by atoms with Crippen molar-refractivity contribution in [3.05, 3.63) is 21.3 Å². The maximum absolute atomic E-state index is 12.8. The van der Waals surface area contributed by atoms with Gasteiger partial charge in [-0.05, 0) is 25.8 Å². The zero-order chi connectivity index (χ0) is 17.0. The van der Waals surface area contributed by atoms with Crippen molar-refractivity contribution in [3.63, 3.8) is 0 Å². The maximum atomic E-state index is 12.8. The largest absolute Gasteiger partial charge is 0.385 e. The summed E-state index contributed by atoms with van der Waals surface area (Å²) in [5.41, 5.74) is 5.27. The molecular formula is C15H21N3O3S2. The van der Waals surface area contributed by atoms with E-state index in [1.165, 1.54) is 23.1 Å². The molecule has 23 heavy (non-hydrogen) atoms. The van der Waals surface area contributed by atoms with Crippen LogP contribution in [0.2, 0.25) is 0 Å². The lowest BCUT2D eigenvalue weighted by Crippen LogP contribution is -2.27. The highest BCUT2D eigenvalue weighted by Gasteiger charge is 2.18. The first-order valence-electron chi connectivity index (χ1n) is 7.46. The Morgan fingerprint density at radius 1 is 1.57 bits per heavy atom. The lowest BCUT2D eigenvalue weighted by atomic mass is 10.3. The Morgan fingerprint density at radius 3 is 2.91 bits per heavy atom. The number of carbonyl (C=O) groups is 1. The van der Waals surface area contributed by atoms with Crippen molar-refractivity contribution < 1.29 is 9.53 Å². The van der Waals surface area contributed by atoms with E-state index in [1.54, 1.807) is 18.6 Å². The molecular weight excluding hydrogens is 334 g/mol. The molecule has 2 rings (SSSR count). The van der Waals surface area contributed by atoms with Crippen LogP contribution in [0.25, 0.3) is 10.2 Å².